The quantitative estimate of drug-likeness (QED) is 0.480. The molecule has 2 aromatic heterocycles. The third-order valence-electron chi connectivity index (χ3n) is 4.73. The molecular formula is C20H12ClF9N4O2. The van der Waals surface area contributed by atoms with Gasteiger partial charge in [-0.1, -0.05) is 11.6 Å². The molecule has 2 heterocycles. The van der Waals surface area contributed by atoms with Gasteiger partial charge in [0.25, 0.3) is 5.91 Å². The van der Waals surface area contributed by atoms with Gasteiger partial charge >= 0.3 is 12.4 Å². The van der Waals surface area contributed by atoms with Gasteiger partial charge in [-0.05, 0) is 12.1 Å². The summed E-state index contributed by atoms with van der Waals surface area (Å²) in [4.78, 5) is 30.3. The molecule has 0 saturated heterocycles. The van der Waals surface area contributed by atoms with Gasteiger partial charge in [-0.2, -0.15) is 26.3 Å². The average molecular weight is 547 g/mol. The minimum Gasteiger partial charge on any atom is -0.360 e. The maximum absolute atomic E-state index is 14.7. The van der Waals surface area contributed by atoms with Crippen molar-refractivity contribution < 1.29 is 44.3 Å². The van der Waals surface area contributed by atoms with Crippen molar-refractivity contribution in [3.05, 3.63) is 62.7 Å². The molecule has 0 aliphatic carbocycles. The molecule has 16 heteroatoms. The summed E-state index contributed by atoms with van der Waals surface area (Å²) in [5.74, 6) is -6.30. The average Bonchev–Trinajstić information content (AvgIpc) is 2.70. The van der Waals surface area contributed by atoms with Crippen LogP contribution in [-0.4, -0.2) is 47.9 Å². The van der Waals surface area contributed by atoms with Crippen LogP contribution in [0.5, 0.6) is 0 Å². The summed E-state index contributed by atoms with van der Waals surface area (Å²) in [5, 5.41) is -0.826. The third kappa shape index (κ3) is 5.05. The van der Waals surface area contributed by atoms with E-state index in [-0.39, 0.29) is 0 Å². The van der Waals surface area contributed by atoms with Crippen LogP contribution >= 0.6 is 11.6 Å². The number of halogens is 10. The van der Waals surface area contributed by atoms with Gasteiger partial charge in [-0.3, -0.25) is 14.2 Å². The van der Waals surface area contributed by atoms with Gasteiger partial charge in [0.2, 0.25) is 11.5 Å². The van der Waals surface area contributed by atoms with Crippen LogP contribution in [0.15, 0.2) is 29.2 Å². The number of carbonyl (C=O) groups excluding carboxylic acids is 1. The Labute approximate surface area is 199 Å². The van der Waals surface area contributed by atoms with Crippen molar-refractivity contribution in [2.24, 2.45) is 0 Å². The van der Waals surface area contributed by atoms with Gasteiger partial charge in [-0.25, -0.2) is 18.2 Å². The van der Waals surface area contributed by atoms with Gasteiger partial charge in [-0.15, -0.1) is 0 Å². The summed E-state index contributed by atoms with van der Waals surface area (Å²) in [6.45, 7) is 0. The first-order valence-corrected chi connectivity index (χ1v) is 9.83. The Kier molecular flexibility index (Phi) is 6.92. The lowest BCUT2D eigenvalue weighted by Crippen LogP contribution is -2.55. The van der Waals surface area contributed by atoms with E-state index in [0.717, 1.165) is 4.90 Å². The van der Waals surface area contributed by atoms with Crippen molar-refractivity contribution >= 4 is 34.4 Å². The summed E-state index contributed by atoms with van der Waals surface area (Å²) in [6.07, 6.45) is -11.6. The van der Waals surface area contributed by atoms with Crippen molar-refractivity contribution in [1.29, 1.82) is 0 Å². The molecule has 0 fully saturated rings. The number of amides is 1. The van der Waals surface area contributed by atoms with Crippen molar-refractivity contribution in [2.45, 2.75) is 18.4 Å². The topological polar surface area (TPSA) is 67.2 Å². The number of fused-ring (bicyclic) bond motifs is 1. The minimum absolute atomic E-state index is 0.324. The molecule has 1 amide bonds. The van der Waals surface area contributed by atoms with Gasteiger partial charge in [0.05, 0.1) is 10.4 Å². The monoisotopic (exact) mass is 546 g/mol. The zero-order chi connectivity index (χ0) is 27.3. The standard InChI is InChI=1S/C20H12ClF9N4O2/c1-33(2)16-12(24)5-8-14(35)9(17(36)32-18(19(25,26)27)20(28,29)30)6-34(15(8)31-16)13-10(21)3-7(22)4-11(13)23/h3-6,18H,1-2H3,(H,32,36). The zero-order valence-electron chi connectivity index (χ0n) is 17.8. The van der Waals surface area contributed by atoms with E-state index in [9.17, 15) is 49.1 Å². The molecule has 0 atom stereocenters. The third-order valence-corrected chi connectivity index (χ3v) is 5.02. The second kappa shape index (κ2) is 9.19. The lowest BCUT2D eigenvalue weighted by Gasteiger charge is -2.24. The van der Waals surface area contributed by atoms with Crippen LogP contribution in [-0.2, 0) is 0 Å². The minimum atomic E-state index is -6.00. The molecule has 0 radical (unpaired) electrons. The Bertz CT molecular complexity index is 1380. The number of carbonyl (C=O) groups is 1. The van der Waals surface area contributed by atoms with Gasteiger partial charge in [0, 0.05) is 26.4 Å². The van der Waals surface area contributed by atoms with E-state index in [2.05, 4.69) is 4.98 Å². The largest absolute Gasteiger partial charge is 0.417 e. The molecular weight excluding hydrogens is 535 g/mol. The maximum atomic E-state index is 14.7. The Hall–Kier alpha value is -3.49. The number of pyridine rings is 2. The van der Waals surface area contributed by atoms with Crippen molar-refractivity contribution in [2.75, 3.05) is 19.0 Å². The van der Waals surface area contributed by atoms with Crippen LogP contribution in [0.1, 0.15) is 10.4 Å². The van der Waals surface area contributed by atoms with Crippen LogP contribution in [0.2, 0.25) is 5.02 Å². The first kappa shape index (κ1) is 27.1. The lowest BCUT2D eigenvalue weighted by atomic mass is 10.1. The summed E-state index contributed by atoms with van der Waals surface area (Å²) >= 11 is 5.89. The SMILES string of the molecule is CN(C)c1nc2c(cc1F)c(=O)c(C(=O)NC(C(F)(F)F)C(F)(F)F)cn2-c1c(F)cc(F)cc1Cl. The van der Waals surface area contributed by atoms with Crippen molar-refractivity contribution in [3.8, 4) is 5.69 Å². The number of nitrogens with zero attached hydrogens (tertiary/aromatic N) is 3. The van der Waals surface area contributed by atoms with Gasteiger partial charge in [0.15, 0.2) is 23.1 Å². The Morgan fingerprint density at radius 2 is 1.61 bits per heavy atom. The number of nitrogens with one attached hydrogen (secondary N) is 1. The molecule has 1 N–H and O–H groups in total. The van der Waals surface area contributed by atoms with Crippen molar-refractivity contribution in [1.82, 2.24) is 14.9 Å². The number of anilines is 1. The first-order valence-electron chi connectivity index (χ1n) is 9.46. The fourth-order valence-corrected chi connectivity index (χ4v) is 3.47. The smallest absolute Gasteiger partial charge is 0.360 e. The van der Waals surface area contributed by atoms with E-state index >= 15 is 0 Å². The van der Waals surface area contributed by atoms with Crippen LogP contribution in [0.25, 0.3) is 16.7 Å². The van der Waals surface area contributed by atoms with E-state index in [0.29, 0.717) is 34.3 Å². The lowest BCUT2D eigenvalue weighted by molar-refractivity contribution is -0.255. The van der Waals surface area contributed by atoms with Crippen molar-refractivity contribution in [3.63, 3.8) is 0 Å². The number of rotatable bonds is 4. The Morgan fingerprint density at radius 1 is 1.03 bits per heavy atom. The number of aromatic nitrogens is 2. The second-order valence-corrected chi connectivity index (χ2v) is 7.92. The first-order chi connectivity index (χ1) is 16.4. The van der Waals surface area contributed by atoms with Gasteiger partial charge in [0.1, 0.15) is 17.1 Å². The molecule has 6 nitrogen and oxygen atoms in total. The van der Waals surface area contributed by atoms with Gasteiger partial charge < -0.3 is 10.2 Å². The van der Waals surface area contributed by atoms with E-state index in [1.54, 1.807) is 0 Å². The highest BCUT2D eigenvalue weighted by atomic mass is 35.5. The number of hydrogen-bond donors (Lipinski definition) is 1. The van der Waals surface area contributed by atoms with E-state index in [4.69, 9.17) is 11.6 Å². The molecule has 0 aliphatic rings. The summed E-state index contributed by atoms with van der Waals surface area (Å²) in [7, 11) is 2.67. The molecule has 194 valence electrons. The van der Waals surface area contributed by atoms with E-state index < -0.39 is 80.3 Å². The summed E-state index contributed by atoms with van der Waals surface area (Å²) in [5.41, 5.74) is -4.24. The molecule has 0 spiro atoms. The molecule has 0 saturated carbocycles. The van der Waals surface area contributed by atoms with E-state index in [1.807, 2.05) is 0 Å². The Balaban J connectivity index is 2.38. The summed E-state index contributed by atoms with van der Waals surface area (Å²) < 4.78 is 121. The predicted molar refractivity (Wildman–Crippen MR) is 110 cm³/mol. The number of alkyl halides is 6. The van der Waals surface area contributed by atoms with Crippen LogP contribution in [0.4, 0.5) is 45.3 Å². The predicted octanol–water partition coefficient (Wildman–Crippen LogP) is 4.75. The Morgan fingerprint density at radius 3 is 2.11 bits per heavy atom. The highest BCUT2D eigenvalue weighted by Gasteiger charge is 2.57. The van der Waals surface area contributed by atoms with Crippen LogP contribution < -0.4 is 15.6 Å². The normalized spacial score (nSPS) is 12.4. The molecule has 0 unspecified atom stereocenters. The maximum Gasteiger partial charge on any atom is 0.417 e. The second-order valence-electron chi connectivity index (χ2n) is 7.51. The van der Waals surface area contributed by atoms with E-state index in [1.165, 1.54) is 14.1 Å². The number of benzene rings is 1. The molecule has 3 rings (SSSR count). The molecule has 36 heavy (non-hydrogen) atoms. The summed E-state index contributed by atoms with van der Waals surface area (Å²) in [6, 6.07) is -2.93. The zero-order valence-corrected chi connectivity index (χ0v) is 18.6. The molecule has 0 aliphatic heterocycles. The fourth-order valence-electron chi connectivity index (χ4n) is 3.18. The van der Waals surface area contributed by atoms with Crippen LogP contribution in [0, 0.1) is 17.5 Å². The molecule has 1 aromatic carbocycles. The highest BCUT2D eigenvalue weighted by Crippen LogP contribution is 2.34. The fraction of sp³-hybridized carbons (Fsp3) is 0.250. The van der Waals surface area contributed by atoms with Crippen LogP contribution in [0.3, 0.4) is 0 Å². The molecule has 0 bridgehead atoms. The highest BCUT2D eigenvalue weighted by molar-refractivity contribution is 6.32. The molecule has 3 aromatic rings. The number of hydrogen-bond acceptors (Lipinski definition) is 4.